The Morgan fingerprint density at radius 2 is 2.21 bits per heavy atom. The second-order valence-electron chi connectivity index (χ2n) is 5.21. The molecule has 6 heteroatoms. The molecule has 1 fully saturated rings. The Balaban J connectivity index is 1.96. The quantitative estimate of drug-likeness (QED) is 0.724. The molecule has 0 aromatic carbocycles. The third-order valence-electron chi connectivity index (χ3n) is 3.52. The van der Waals surface area contributed by atoms with Crippen LogP contribution in [0.1, 0.15) is 31.6 Å². The maximum atomic E-state index is 12.3. The average molecular weight is 302 g/mol. The molecule has 1 aliphatic carbocycles. The van der Waals surface area contributed by atoms with Gasteiger partial charge in [-0.15, -0.1) is 11.3 Å². The lowest BCUT2D eigenvalue weighted by molar-refractivity contribution is 0.572. The summed E-state index contributed by atoms with van der Waals surface area (Å²) in [5.74, 6) is 1.19. The van der Waals surface area contributed by atoms with Crippen LogP contribution in [0.25, 0.3) is 0 Å². The molecule has 2 unspecified atom stereocenters. The van der Waals surface area contributed by atoms with Crippen molar-refractivity contribution in [2.75, 3.05) is 13.1 Å². The van der Waals surface area contributed by atoms with E-state index in [2.05, 4.69) is 23.9 Å². The molecular formula is C13H22N2O2S2. The number of hydrogen-bond donors (Lipinski definition) is 2. The van der Waals surface area contributed by atoms with Crippen LogP contribution in [0.3, 0.4) is 0 Å². The highest BCUT2D eigenvalue weighted by molar-refractivity contribution is 7.89. The van der Waals surface area contributed by atoms with E-state index >= 15 is 0 Å². The van der Waals surface area contributed by atoms with Gasteiger partial charge in [0.05, 0.1) is 4.90 Å². The molecule has 1 aromatic rings. The fraction of sp³-hybridized carbons (Fsp3) is 0.692. The van der Waals surface area contributed by atoms with Crippen LogP contribution in [0.15, 0.2) is 16.3 Å². The minimum absolute atomic E-state index is 0.439. The first kappa shape index (κ1) is 15.0. The van der Waals surface area contributed by atoms with Crippen LogP contribution in [0, 0.1) is 11.8 Å². The largest absolute Gasteiger partial charge is 0.312 e. The first-order chi connectivity index (χ1) is 9.04. The molecule has 0 aliphatic heterocycles. The second kappa shape index (κ2) is 6.35. The summed E-state index contributed by atoms with van der Waals surface area (Å²) in [6.07, 6.45) is 2.18. The van der Waals surface area contributed by atoms with Crippen LogP contribution in [-0.4, -0.2) is 21.5 Å². The van der Waals surface area contributed by atoms with Crippen LogP contribution >= 0.6 is 11.3 Å². The van der Waals surface area contributed by atoms with E-state index in [0.717, 1.165) is 24.3 Å². The summed E-state index contributed by atoms with van der Waals surface area (Å²) in [6, 6.07) is 1.70. The molecule has 0 amide bonds. The highest BCUT2D eigenvalue weighted by Gasteiger charge is 2.33. The van der Waals surface area contributed by atoms with Crippen LogP contribution in [0.2, 0.25) is 0 Å². The predicted molar refractivity (Wildman–Crippen MR) is 78.8 cm³/mol. The molecule has 2 N–H and O–H groups in total. The van der Waals surface area contributed by atoms with Gasteiger partial charge in [0.25, 0.3) is 0 Å². The number of hydrogen-bond acceptors (Lipinski definition) is 4. The standard InChI is InChI=1S/C13H22N2O2S2/c1-3-5-14-9-12-13(4-6-18-12)19(16,17)15-8-11-7-10(11)2/h4,6,10-11,14-15H,3,5,7-9H2,1-2H3. The Hall–Kier alpha value is -0.430. The van der Waals surface area contributed by atoms with Gasteiger partial charge in [0, 0.05) is 18.0 Å². The summed E-state index contributed by atoms with van der Waals surface area (Å²) < 4.78 is 27.2. The fourth-order valence-electron chi connectivity index (χ4n) is 2.05. The molecule has 108 valence electrons. The molecule has 4 nitrogen and oxygen atoms in total. The van der Waals surface area contributed by atoms with E-state index in [1.807, 2.05) is 5.38 Å². The van der Waals surface area contributed by atoms with Crippen molar-refractivity contribution in [3.63, 3.8) is 0 Å². The van der Waals surface area contributed by atoms with E-state index in [1.54, 1.807) is 6.07 Å². The van der Waals surface area contributed by atoms with Gasteiger partial charge in [-0.3, -0.25) is 0 Å². The summed E-state index contributed by atoms with van der Waals surface area (Å²) in [5.41, 5.74) is 0. The van der Waals surface area contributed by atoms with Gasteiger partial charge in [-0.2, -0.15) is 0 Å². The van der Waals surface area contributed by atoms with Crippen molar-refractivity contribution in [2.24, 2.45) is 11.8 Å². The second-order valence-corrected chi connectivity index (χ2v) is 7.95. The molecule has 2 atom stereocenters. The van der Waals surface area contributed by atoms with Gasteiger partial charge in [0.2, 0.25) is 10.0 Å². The van der Waals surface area contributed by atoms with Crippen LogP contribution < -0.4 is 10.0 Å². The lowest BCUT2D eigenvalue weighted by Gasteiger charge is -2.08. The zero-order valence-electron chi connectivity index (χ0n) is 11.5. The minimum atomic E-state index is -3.34. The zero-order valence-corrected chi connectivity index (χ0v) is 13.1. The number of nitrogens with one attached hydrogen (secondary N) is 2. The third-order valence-corrected chi connectivity index (χ3v) is 6.08. The van der Waals surface area contributed by atoms with Crippen molar-refractivity contribution < 1.29 is 8.42 Å². The van der Waals surface area contributed by atoms with Crippen molar-refractivity contribution in [2.45, 2.75) is 38.1 Å². The Bertz CT molecular complexity index is 510. The van der Waals surface area contributed by atoms with E-state index in [-0.39, 0.29) is 0 Å². The Kier molecular flexibility index (Phi) is 5.00. The summed E-state index contributed by atoms with van der Waals surface area (Å²) in [6.45, 7) is 6.36. The zero-order chi connectivity index (χ0) is 13.9. The maximum Gasteiger partial charge on any atom is 0.241 e. The average Bonchev–Trinajstić information content (AvgIpc) is 2.88. The molecule has 19 heavy (non-hydrogen) atoms. The molecule has 0 saturated heterocycles. The van der Waals surface area contributed by atoms with Gasteiger partial charge in [-0.1, -0.05) is 13.8 Å². The van der Waals surface area contributed by atoms with Gasteiger partial charge in [0.1, 0.15) is 0 Å². The first-order valence-corrected chi connectivity index (χ1v) is 9.17. The Labute approximate surface area is 119 Å². The fourth-order valence-corrected chi connectivity index (χ4v) is 4.56. The third kappa shape index (κ3) is 4.02. The molecule has 1 aliphatic rings. The Morgan fingerprint density at radius 1 is 1.47 bits per heavy atom. The van der Waals surface area contributed by atoms with Crippen LogP contribution in [-0.2, 0) is 16.6 Å². The number of rotatable bonds is 8. The van der Waals surface area contributed by atoms with Crippen molar-refractivity contribution in [1.29, 1.82) is 0 Å². The monoisotopic (exact) mass is 302 g/mol. The van der Waals surface area contributed by atoms with Crippen LogP contribution in [0.4, 0.5) is 0 Å². The van der Waals surface area contributed by atoms with E-state index in [0.29, 0.717) is 29.8 Å². The van der Waals surface area contributed by atoms with Crippen molar-refractivity contribution >= 4 is 21.4 Å². The van der Waals surface area contributed by atoms with Crippen molar-refractivity contribution in [1.82, 2.24) is 10.0 Å². The summed E-state index contributed by atoms with van der Waals surface area (Å²) >= 11 is 1.50. The Morgan fingerprint density at radius 3 is 2.84 bits per heavy atom. The molecule has 0 bridgehead atoms. The SMILES string of the molecule is CCCNCc1sccc1S(=O)(=O)NCC1CC1C. The molecule has 1 aromatic heterocycles. The number of thiophene rings is 1. The van der Waals surface area contributed by atoms with E-state index in [4.69, 9.17) is 0 Å². The first-order valence-electron chi connectivity index (χ1n) is 6.81. The van der Waals surface area contributed by atoms with E-state index in [1.165, 1.54) is 11.3 Å². The molecule has 0 radical (unpaired) electrons. The normalized spacial score (nSPS) is 22.6. The van der Waals surface area contributed by atoms with Gasteiger partial charge < -0.3 is 5.32 Å². The maximum absolute atomic E-state index is 12.3. The van der Waals surface area contributed by atoms with Crippen molar-refractivity contribution in [3.05, 3.63) is 16.3 Å². The lowest BCUT2D eigenvalue weighted by Crippen LogP contribution is -2.27. The molecule has 1 saturated carbocycles. The highest BCUT2D eigenvalue weighted by atomic mass is 32.2. The summed E-state index contributed by atoms with van der Waals surface area (Å²) in [5, 5.41) is 5.10. The van der Waals surface area contributed by atoms with Crippen molar-refractivity contribution in [3.8, 4) is 0 Å². The molecule has 2 rings (SSSR count). The summed E-state index contributed by atoms with van der Waals surface area (Å²) in [7, 11) is -3.34. The topological polar surface area (TPSA) is 58.2 Å². The van der Waals surface area contributed by atoms with Gasteiger partial charge in [0.15, 0.2) is 0 Å². The molecular weight excluding hydrogens is 280 g/mol. The highest BCUT2D eigenvalue weighted by Crippen LogP contribution is 2.37. The van der Waals surface area contributed by atoms with Gasteiger partial charge >= 0.3 is 0 Å². The van der Waals surface area contributed by atoms with Gasteiger partial charge in [-0.05, 0) is 42.7 Å². The minimum Gasteiger partial charge on any atom is -0.312 e. The smallest absolute Gasteiger partial charge is 0.241 e. The number of sulfonamides is 1. The molecule has 0 spiro atoms. The lowest BCUT2D eigenvalue weighted by atomic mass is 10.3. The van der Waals surface area contributed by atoms with E-state index < -0.39 is 10.0 Å². The summed E-state index contributed by atoms with van der Waals surface area (Å²) in [4.78, 5) is 1.33. The van der Waals surface area contributed by atoms with E-state index in [9.17, 15) is 8.42 Å². The predicted octanol–water partition coefficient (Wildman–Crippen LogP) is 2.18. The molecule has 1 heterocycles. The van der Waals surface area contributed by atoms with Gasteiger partial charge in [-0.25, -0.2) is 13.1 Å². The van der Waals surface area contributed by atoms with Crippen LogP contribution in [0.5, 0.6) is 0 Å².